The van der Waals surface area contributed by atoms with E-state index in [-0.39, 0.29) is 0 Å². The van der Waals surface area contributed by atoms with Crippen molar-refractivity contribution in [3.05, 3.63) is 58.6 Å². The summed E-state index contributed by atoms with van der Waals surface area (Å²) in [6, 6.07) is 14.9. The highest BCUT2D eigenvalue weighted by atomic mass is 32.1. The quantitative estimate of drug-likeness (QED) is 0.765. The van der Waals surface area contributed by atoms with Gasteiger partial charge in [0.2, 0.25) is 0 Å². The summed E-state index contributed by atoms with van der Waals surface area (Å²) < 4.78 is 7.24. The molecule has 0 spiro atoms. The topological polar surface area (TPSA) is 37.4 Å². The van der Waals surface area contributed by atoms with Crippen LogP contribution in [0.2, 0.25) is 0 Å². The third-order valence-corrected chi connectivity index (χ3v) is 5.83. The van der Waals surface area contributed by atoms with Crippen LogP contribution in [-0.2, 0) is 11.3 Å². The van der Waals surface area contributed by atoms with Crippen molar-refractivity contribution in [2.45, 2.75) is 6.61 Å². The van der Waals surface area contributed by atoms with E-state index >= 15 is 0 Å². The molecule has 0 bridgehead atoms. The number of nitrogens with one attached hydrogen (secondary N) is 1. The third kappa shape index (κ3) is 2.79. The van der Waals surface area contributed by atoms with Crippen molar-refractivity contribution in [1.82, 2.24) is 10.3 Å². The summed E-state index contributed by atoms with van der Waals surface area (Å²) in [5, 5.41) is 4.36. The second kappa shape index (κ2) is 6.17. The number of anilines is 1. The summed E-state index contributed by atoms with van der Waals surface area (Å²) in [6.45, 7) is 4.83. The van der Waals surface area contributed by atoms with Gasteiger partial charge in [0, 0.05) is 31.9 Å². The van der Waals surface area contributed by atoms with E-state index in [1.165, 1.54) is 21.5 Å². The van der Waals surface area contributed by atoms with Crippen LogP contribution in [0, 0.1) is 0 Å². The van der Waals surface area contributed by atoms with Gasteiger partial charge in [-0.2, -0.15) is 0 Å². The molecule has 2 aromatic carbocycles. The average molecular weight is 349 g/mol. The predicted octanol–water partition coefficient (Wildman–Crippen LogP) is 3.73. The van der Waals surface area contributed by atoms with Crippen LogP contribution in [0.1, 0.15) is 16.1 Å². The summed E-state index contributed by atoms with van der Waals surface area (Å²) in [6.07, 6.45) is 2.12. The van der Waals surface area contributed by atoms with Gasteiger partial charge < -0.3 is 15.0 Å². The van der Waals surface area contributed by atoms with E-state index in [0.29, 0.717) is 6.61 Å². The Morgan fingerprint density at radius 1 is 1.08 bits per heavy atom. The first-order chi connectivity index (χ1) is 12.4. The van der Waals surface area contributed by atoms with E-state index in [0.717, 1.165) is 42.5 Å². The van der Waals surface area contributed by atoms with Crippen molar-refractivity contribution in [1.29, 1.82) is 0 Å². The molecular formula is C20H19N3OS. The molecule has 0 unspecified atom stereocenters. The van der Waals surface area contributed by atoms with Gasteiger partial charge in [-0.1, -0.05) is 18.2 Å². The molecule has 25 heavy (non-hydrogen) atoms. The van der Waals surface area contributed by atoms with Crippen LogP contribution in [0.3, 0.4) is 0 Å². The number of hydrogen-bond acceptors (Lipinski definition) is 5. The zero-order valence-corrected chi connectivity index (χ0v) is 14.7. The highest BCUT2D eigenvalue weighted by Gasteiger charge is 2.18. The number of ether oxygens (including phenoxy) is 1. The fourth-order valence-electron chi connectivity index (χ4n) is 3.42. The molecule has 1 aromatic heterocycles. The molecule has 0 atom stereocenters. The van der Waals surface area contributed by atoms with E-state index in [4.69, 9.17) is 9.72 Å². The fraction of sp³-hybridized carbons (Fsp3) is 0.250. The van der Waals surface area contributed by atoms with E-state index < -0.39 is 0 Å². The fourth-order valence-corrected chi connectivity index (χ4v) is 4.35. The predicted molar refractivity (Wildman–Crippen MR) is 104 cm³/mol. The minimum absolute atomic E-state index is 0.608. The zero-order valence-electron chi connectivity index (χ0n) is 13.9. The van der Waals surface area contributed by atoms with Gasteiger partial charge in [-0.25, -0.2) is 4.98 Å². The van der Waals surface area contributed by atoms with Crippen molar-refractivity contribution in [2.24, 2.45) is 0 Å². The van der Waals surface area contributed by atoms with E-state index in [2.05, 4.69) is 40.6 Å². The van der Waals surface area contributed by atoms with Gasteiger partial charge in [0.1, 0.15) is 6.61 Å². The normalized spacial score (nSPS) is 17.1. The van der Waals surface area contributed by atoms with Crippen LogP contribution < -0.4 is 10.2 Å². The van der Waals surface area contributed by atoms with Crippen LogP contribution in [0.25, 0.3) is 22.1 Å². The third-order valence-electron chi connectivity index (χ3n) is 4.78. The lowest BCUT2D eigenvalue weighted by atomic mass is 10.0. The highest BCUT2D eigenvalue weighted by Crippen LogP contribution is 2.34. The van der Waals surface area contributed by atoms with E-state index in [1.807, 2.05) is 18.2 Å². The lowest BCUT2D eigenvalue weighted by Crippen LogP contribution is -2.43. The van der Waals surface area contributed by atoms with Crippen LogP contribution in [0.4, 0.5) is 5.69 Å². The van der Waals surface area contributed by atoms with E-state index in [9.17, 15) is 0 Å². The monoisotopic (exact) mass is 349 g/mol. The Bertz CT molecular complexity index is 923. The van der Waals surface area contributed by atoms with Gasteiger partial charge in [0.25, 0.3) is 0 Å². The maximum absolute atomic E-state index is 6.04. The Kier molecular flexibility index (Phi) is 3.68. The van der Waals surface area contributed by atoms with Gasteiger partial charge in [-0.05, 0) is 41.5 Å². The maximum Gasteiger partial charge on any atom is 0.159 e. The Balaban J connectivity index is 1.47. The van der Waals surface area contributed by atoms with Crippen LogP contribution in [0.15, 0.2) is 42.5 Å². The SMILES string of the molecule is C1=C(c2nc3ccccc3s2)OCc2cc(N3CCNCC3)ccc21. The molecule has 5 rings (SSSR count). The van der Waals surface area contributed by atoms with Crippen LogP contribution in [0.5, 0.6) is 0 Å². The molecule has 126 valence electrons. The maximum atomic E-state index is 6.04. The lowest BCUT2D eigenvalue weighted by Gasteiger charge is -2.30. The van der Waals surface area contributed by atoms with Gasteiger partial charge in [0.15, 0.2) is 10.8 Å². The number of aromatic nitrogens is 1. The van der Waals surface area contributed by atoms with Gasteiger partial charge in [-0.15, -0.1) is 11.3 Å². The first kappa shape index (κ1) is 14.9. The van der Waals surface area contributed by atoms with Crippen LogP contribution >= 0.6 is 11.3 Å². The first-order valence-corrected chi connectivity index (χ1v) is 9.47. The second-order valence-electron chi connectivity index (χ2n) is 6.40. The Morgan fingerprint density at radius 2 is 1.96 bits per heavy atom. The molecule has 3 heterocycles. The van der Waals surface area contributed by atoms with Gasteiger partial charge in [-0.3, -0.25) is 0 Å². The number of benzene rings is 2. The molecule has 1 N–H and O–H groups in total. The molecule has 0 aliphatic carbocycles. The van der Waals surface area contributed by atoms with Crippen molar-refractivity contribution in [2.75, 3.05) is 31.1 Å². The minimum atomic E-state index is 0.608. The number of rotatable bonds is 2. The van der Waals surface area contributed by atoms with Gasteiger partial charge >= 0.3 is 0 Å². The Labute approximate surface area is 150 Å². The van der Waals surface area contributed by atoms with E-state index in [1.54, 1.807) is 11.3 Å². The molecule has 4 nitrogen and oxygen atoms in total. The summed E-state index contributed by atoms with van der Waals surface area (Å²) in [4.78, 5) is 7.14. The summed E-state index contributed by atoms with van der Waals surface area (Å²) in [5.41, 5.74) is 4.81. The second-order valence-corrected chi connectivity index (χ2v) is 7.43. The average Bonchev–Trinajstić information content (AvgIpc) is 3.12. The van der Waals surface area contributed by atoms with Crippen molar-refractivity contribution >= 4 is 39.1 Å². The molecule has 2 aliphatic rings. The zero-order chi connectivity index (χ0) is 16.6. The lowest BCUT2D eigenvalue weighted by molar-refractivity contribution is 0.262. The number of hydrogen-bond donors (Lipinski definition) is 1. The minimum Gasteiger partial charge on any atom is -0.486 e. The standard InChI is InChI=1S/C20H19N3OS/c1-2-4-19-17(3-1)22-20(25-19)18-12-14-5-6-16(11-15(14)13-24-18)23-9-7-21-8-10-23/h1-6,11-12,21H,7-10,13H2. The molecular weight excluding hydrogens is 330 g/mol. The smallest absolute Gasteiger partial charge is 0.159 e. The largest absolute Gasteiger partial charge is 0.486 e. The van der Waals surface area contributed by atoms with Crippen molar-refractivity contribution < 1.29 is 4.74 Å². The summed E-state index contributed by atoms with van der Waals surface area (Å²) >= 11 is 1.68. The van der Waals surface area contributed by atoms with Crippen molar-refractivity contribution in [3.63, 3.8) is 0 Å². The molecule has 5 heteroatoms. The highest BCUT2D eigenvalue weighted by molar-refractivity contribution is 7.19. The molecule has 1 saturated heterocycles. The first-order valence-electron chi connectivity index (χ1n) is 8.66. The summed E-state index contributed by atoms with van der Waals surface area (Å²) in [5.74, 6) is 0.878. The van der Waals surface area contributed by atoms with Gasteiger partial charge in [0.05, 0.1) is 10.2 Å². The number of thiazole rings is 1. The molecule has 0 saturated carbocycles. The van der Waals surface area contributed by atoms with Crippen LogP contribution in [-0.4, -0.2) is 31.2 Å². The Hall–Kier alpha value is -2.37. The number of nitrogens with zero attached hydrogens (tertiary/aromatic N) is 2. The number of piperazine rings is 1. The molecule has 0 amide bonds. The molecule has 2 aliphatic heterocycles. The summed E-state index contributed by atoms with van der Waals surface area (Å²) in [7, 11) is 0. The molecule has 1 fully saturated rings. The number of para-hydroxylation sites is 1. The van der Waals surface area contributed by atoms with Crippen molar-refractivity contribution in [3.8, 4) is 0 Å². The molecule has 3 aromatic rings. The Morgan fingerprint density at radius 3 is 2.84 bits per heavy atom. The molecule has 0 radical (unpaired) electrons. The number of fused-ring (bicyclic) bond motifs is 2.